The second kappa shape index (κ2) is 14.4. The minimum absolute atomic E-state index is 0.325. The van der Waals surface area contributed by atoms with Crippen molar-refractivity contribution >= 4 is 0 Å². The molecule has 0 aliphatic rings. The smallest absolute Gasteiger partial charge is 0.119 e. The van der Waals surface area contributed by atoms with Crippen LogP contribution in [0.15, 0.2) is 30.3 Å². The van der Waals surface area contributed by atoms with Gasteiger partial charge in [0, 0.05) is 0 Å². The molecular weight excluding hydrogens is 284 g/mol. The van der Waals surface area contributed by atoms with Gasteiger partial charge in [0.2, 0.25) is 0 Å². The molecular formula is C17H24O5. The Morgan fingerprint density at radius 1 is 0.682 bits per heavy atom. The number of benzene rings is 1. The van der Waals surface area contributed by atoms with Gasteiger partial charge in [-0.3, -0.25) is 0 Å². The third kappa shape index (κ3) is 11.1. The summed E-state index contributed by atoms with van der Waals surface area (Å²) in [4.78, 5) is 0. The number of terminal acetylenes is 1. The van der Waals surface area contributed by atoms with E-state index >= 15 is 0 Å². The van der Waals surface area contributed by atoms with Crippen molar-refractivity contribution in [1.29, 1.82) is 0 Å². The van der Waals surface area contributed by atoms with E-state index in [2.05, 4.69) is 5.92 Å². The molecule has 0 amide bonds. The van der Waals surface area contributed by atoms with Crippen LogP contribution in [-0.4, -0.2) is 59.5 Å². The van der Waals surface area contributed by atoms with Crippen LogP contribution >= 0.6 is 0 Å². The fraction of sp³-hybridized carbons (Fsp3) is 0.529. The lowest BCUT2D eigenvalue weighted by molar-refractivity contribution is -0.00187. The van der Waals surface area contributed by atoms with Gasteiger partial charge in [0.05, 0.1) is 46.2 Å². The van der Waals surface area contributed by atoms with E-state index in [0.29, 0.717) is 59.5 Å². The molecule has 22 heavy (non-hydrogen) atoms. The molecule has 0 radical (unpaired) electrons. The first-order chi connectivity index (χ1) is 10.9. The lowest BCUT2D eigenvalue weighted by Crippen LogP contribution is -2.13. The Labute approximate surface area is 132 Å². The zero-order valence-corrected chi connectivity index (χ0v) is 12.9. The highest BCUT2D eigenvalue weighted by Crippen LogP contribution is 2.07. The van der Waals surface area contributed by atoms with E-state index in [-0.39, 0.29) is 0 Å². The molecule has 1 rings (SSSR count). The molecule has 5 nitrogen and oxygen atoms in total. The summed E-state index contributed by atoms with van der Waals surface area (Å²) >= 11 is 0. The second-order valence-corrected chi connectivity index (χ2v) is 4.26. The largest absolute Gasteiger partial charge is 0.491 e. The molecule has 0 saturated heterocycles. The molecule has 1 aromatic carbocycles. The average molecular weight is 308 g/mol. The molecule has 0 fully saturated rings. The summed E-state index contributed by atoms with van der Waals surface area (Å²) in [6, 6.07) is 9.66. The van der Waals surface area contributed by atoms with Crippen LogP contribution in [0.5, 0.6) is 5.75 Å². The van der Waals surface area contributed by atoms with Gasteiger partial charge in [0.1, 0.15) is 19.0 Å². The van der Waals surface area contributed by atoms with E-state index in [1.54, 1.807) is 0 Å². The number of para-hydroxylation sites is 1. The first-order valence-corrected chi connectivity index (χ1v) is 7.36. The molecule has 1 aromatic rings. The Morgan fingerprint density at radius 3 is 1.73 bits per heavy atom. The van der Waals surface area contributed by atoms with Gasteiger partial charge in [-0.15, -0.1) is 6.42 Å². The van der Waals surface area contributed by atoms with E-state index < -0.39 is 0 Å². The highest BCUT2D eigenvalue weighted by molar-refractivity contribution is 5.20. The minimum atomic E-state index is 0.325. The van der Waals surface area contributed by atoms with Crippen LogP contribution in [0.2, 0.25) is 0 Å². The molecule has 0 bridgehead atoms. The quantitative estimate of drug-likeness (QED) is 0.387. The van der Waals surface area contributed by atoms with Crippen LogP contribution in [0.25, 0.3) is 0 Å². The average Bonchev–Trinajstić information content (AvgIpc) is 2.56. The van der Waals surface area contributed by atoms with E-state index in [1.165, 1.54) is 0 Å². The minimum Gasteiger partial charge on any atom is -0.491 e. The summed E-state index contributed by atoms with van der Waals surface area (Å²) in [5, 5.41) is 0. The van der Waals surface area contributed by atoms with Gasteiger partial charge in [-0.25, -0.2) is 0 Å². The van der Waals surface area contributed by atoms with Gasteiger partial charge in [-0.05, 0) is 12.1 Å². The highest BCUT2D eigenvalue weighted by atomic mass is 16.6. The number of ether oxygens (including phenoxy) is 5. The van der Waals surface area contributed by atoms with Gasteiger partial charge in [0.25, 0.3) is 0 Å². The third-order valence-electron chi connectivity index (χ3n) is 2.54. The van der Waals surface area contributed by atoms with Crippen molar-refractivity contribution < 1.29 is 23.7 Å². The molecule has 5 heteroatoms. The van der Waals surface area contributed by atoms with Crippen molar-refractivity contribution in [2.24, 2.45) is 0 Å². The molecule has 122 valence electrons. The van der Waals surface area contributed by atoms with E-state index in [9.17, 15) is 0 Å². The summed E-state index contributed by atoms with van der Waals surface area (Å²) in [5.74, 6) is 3.24. The Bertz CT molecular complexity index is 388. The Hall–Kier alpha value is -1.58. The van der Waals surface area contributed by atoms with Crippen molar-refractivity contribution in [1.82, 2.24) is 0 Å². The van der Waals surface area contributed by atoms with Gasteiger partial charge in [-0.2, -0.15) is 0 Å². The van der Waals surface area contributed by atoms with Crippen LogP contribution in [0.4, 0.5) is 0 Å². The van der Waals surface area contributed by atoms with Gasteiger partial charge < -0.3 is 23.7 Å². The van der Waals surface area contributed by atoms with Crippen molar-refractivity contribution in [3.8, 4) is 18.1 Å². The van der Waals surface area contributed by atoms with Crippen LogP contribution in [0, 0.1) is 12.3 Å². The third-order valence-corrected chi connectivity index (χ3v) is 2.54. The summed E-state index contributed by atoms with van der Waals surface area (Å²) in [5.41, 5.74) is 0. The molecule has 0 aliphatic carbocycles. The summed E-state index contributed by atoms with van der Waals surface area (Å²) < 4.78 is 26.6. The first-order valence-electron chi connectivity index (χ1n) is 7.36. The molecule has 0 aliphatic heterocycles. The molecule has 0 unspecified atom stereocenters. The maximum atomic E-state index is 5.50. The zero-order chi connectivity index (χ0) is 15.7. The standard InChI is InChI=1S/C17H24O5/c1-2-8-18-9-10-19-11-12-20-13-14-21-15-16-22-17-6-4-3-5-7-17/h1,3-7H,8-16H2. The SMILES string of the molecule is C#CCOCCOCCOCCOCCOc1ccccc1. The fourth-order valence-corrected chi connectivity index (χ4v) is 1.53. The highest BCUT2D eigenvalue weighted by Gasteiger charge is 1.94. The normalized spacial score (nSPS) is 10.3. The molecule has 0 heterocycles. The molecule has 0 atom stereocenters. The molecule has 0 spiro atoms. The Balaban J connectivity index is 1.74. The molecule has 0 aromatic heterocycles. The molecule has 0 N–H and O–H groups in total. The van der Waals surface area contributed by atoms with Gasteiger partial charge >= 0.3 is 0 Å². The van der Waals surface area contributed by atoms with Crippen molar-refractivity contribution in [2.75, 3.05) is 59.5 Å². The van der Waals surface area contributed by atoms with E-state index in [4.69, 9.17) is 30.1 Å². The van der Waals surface area contributed by atoms with Gasteiger partial charge in [-0.1, -0.05) is 24.1 Å². The number of rotatable bonds is 14. The van der Waals surface area contributed by atoms with Crippen LogP contribution in [0.1, 0.15) is 0 Å². The lowest BCUT2D eigenvalue weighted by atomic mass is 10.3. The Morgan fingerprint density at radius 2 is 1.18 bits per heavy atom. The Kier molecular flexibility index (Phi) is 12.1. The van der Waals surface area contributed by atoms with Crippen LogP contribution < -0.4 is 4.74 Å². The lowest BCUT2D eigenvalue weighted by Gasteiger charge is -2.08. The summed E-state index contributed by atoms with van der Waals surface area (Å²) in [7, 11) is 0. The molecule has 0 saturated carbocycles. The maximum Gasteiger partial charge on any atom is 0.119 e. The summed E-state index contributed by atoms with van der Waals surface area (Å²) in [6.45, 7) is 4.60. The summed E-state index contributed by atoms with van der Waals surface area (Å²) in [6.07, 6.45) is 5.04. The number of hydrogen-bond donors (Lipinski definition) is 0. The van der Waals surface area contributed by atoms with Crippen molar-refractivity contribution in [3.63, 3.8) is 0 Å². The van der Waals surface area contributed by atoms with Crippen LogP contribution in [-0.2, 0) is 18.9 Å². The van der Waals surface area contributed by atoms with E-state index in [0.717, 1.165) is 5.75 Å². The predicted molar refractivity (Wildman–Crippen MR) is 84.0 cm³/mol. The van der Waals surface area contributed by atoms with Gasteiger partial charge in [0.15, 0.2) is 0 Å². The first kappa shape index (κ1) is 18.5. The topological polar surface area (TPSA) is 46.2 Å². The van der Waals surface area contributed by atoms with Crippen LogP contribution in [0.3, 0.4) is 0 Å². The number of hydrogen-bond acceptors (Lipinski definition) is 5. The zero-order valence-electron chi connectivity index (χ0n) is 12.9. The second-order valence-electron chi connectivity index (χ2n) is 4.26. The monoisotopic (exact) mass is 308 g/mol. The maximum absolute atomic E-state index is 5.50. The van der Waals surface area contributed by atoms with E-state index in [1.807, 2.05) is 30.3 Å². The fourth-order valence-electron chi connectivity index (χ4n) is 1.53. The predicted octanol–water partition coefficient (Wildman–Crippen LogP) is 1.76. The van der Waals surface area contributed by atoms with Crippen molar-refractivity contribution in [2.45, 2.75) is 0 Å². The van der Waals surface area contributed by atoms with Crippen molar-refractivity contribution in [3.05, 3.63) is 30.3 Å².